The first-order valence-electron chi connectivity index (χ1n) is 11.0. The van der Waals surface area contributed by atoms with Crippen molar-refractivity contribution in [1.82, 2.24) is 9.80 Å². The molecule has 3 aromatic rings. The summed E-state index contributed by atoms with van der Waals surface area (Å²) in [5.41, 5.74) is 2.19. The summed E-state index contributed by atoms with van der Waals surface area (Å²) >= 11 is 0. The van der Waals surface area contributed by atoms with Crippen LogP contribution in [0, 0.1) is 5.82 Å². The SMILES string of the molecule is CC1CN(C(=O)c2ccc(CN(Cc3ccccc3)Cc3ccc(F)cc3)o2)CC(C)O1. The van der Waals surface area contributed by atoms with Gasteiger partial charge in [0.25, 0.3) is 5.91 Å². The molecule has 32 heavy (non-hydrogen) atoms. The molecule has 2 heterocycles. The van der Waals surface area contributed by atoms with Gasteiger partial charge in [0.2, 0.25) is 0 Å². The van der Waals surface area contributed by atoms with Crippen LogP contribution in [0.2, 0.25) is 0 Å². The molecule has 6 heteroatoms. The van der Waals surface area contributed by atoms with E-state index in [1.54, 1.807) is 23.1 Å². The number of furan rings is 1. The Labute approximate surface area is 188 Å². The Morgan fingerprint density at radius 3 is 2.19 bits per heavy atom. The van der Waals surface area contributed by atoms with Gasteiger partial charge in [-0.15, -0.1) is 0 Å². The summed E-state index contributed by atoms with van der Waals surface area (Å²) in [5, 5.41) is 0. The number of carbonyl (C=O) groups excluding carboxylic acids is 1. The van der Waals surface area contributed by atoms with Crippen LogP contribution in [0.25, 0.3) is 0 Å². The lowest BCUT2D eigenvalue weighted by Gasteiger charge is -2.34. The second-order valence-electron chi connectivity index (χ2n) is 8.49. The number of ether oxygens (including phenoxy) is 1. The highest BCUT2D eigenvalue weighted by Gasteiger charge is 2.28. The van der Waals surface area contributed by atoms with Gasteiger partial charge in [0.15, 0.2) is 5.76 Å². The summed E-state index contributed by atoms with van der Waals surface area (Å²) in [6.45, 7) is 6.95. The molecule has 0 aliphatic carbocycles. The lowest BCUT2D eigenvalue weighted by molar-refractivity contribution is -0.0592. The minimum atomic E-state index is -0.246. The average molecular weight is 437 g/mol. The summed E-state index contributed by atoms with van der Waals surface area (Å²) in [4.78, 5) is 16.9. The number of amides is 1. The molecular weight excluding hydrogens is 407 g/mol. The third-order valence-corrected chi connectivity index (χ3v) is 5.53. The van der Waals surface area contributed by atoms with E-state index in [4.69, 9.17) is 9.15 Å². The summed E-state index contributed by atoms with van der Waals surface area (Å²) < 4.78 is 25.0. The molecule has 168 valence electrons. The first kappa shape index (κ1) is 22.2. The topological polar surface area (TPSA) is 45.9 Å². The summed E-state index contributed by atoms with van der Waals surface area (Å²) in [7, 11) is 0. The fourth-order valence-electron chi connectivity index (χ4n) is 4.16. The minimum Gasteiger partial charge on any atom is -0.455 e. The summed E-state index contributed by atoms with van der Waals surface area (Å²) in [6.07, 6.45) is 0.0170. The van der Waals surface area contributed by atoms with Crippen molar-refractivity contribution in [1.29, 1.82) is 0 Å². The zero-order valence-corrected chi connectivity index (χ0v) is 18.5. The van der Waals surface area contributed by atoms with Gasteiger partial charge in [-0.3, -0.25) is 9.69 Å². The highest BCUT2D eigenvalue weighted by atomic mass is 19.1. The van der Waals surface area contributed by atoms with Gasteiger partial charge in [-0.25, -0.2) is 4.39 Å². The minimum absolute atomic E-state index is 0.00852. The maximum atomic E-state index is 13.3. The third-order valence-electron chi connectivity index (χ3n) is 5.53. The summed E-state index contributed by atoms with van der Waals surface area (Å²) in [6, 6.07) is 20.3. The Morgan fingerprint density at radius 1 is 0.906 bits per heavy atom. The average Bonchev–Trinajstić information content (AvgIpc) is 3.23. The van der Waals surface area contributed by atoms with E-state index in [1.807, 2.05) is 38.1 Å². The molecule has 0 saturated carbocycles. The van der Waals surface area contributed by atoms with Crippen LogP contribution >= 0.6 is 0 Å². The Balaban J connectivity index is 1.47. The van der Waals surface area contributed by atoms with E-state index in [2.05, 4.69) is 17.0 Å². The van der Waals surface area contributed by atoms with Crippen LogP contribution in [0.4, 0.5) is 4.39 Å². The van der Waals surface area contributed by atoms with Gasteiger partial charge in [-0.05, 0) is 49.2 Å². The van der Waals surface area contributed by atoms with Crippen LogP contribution in [-0.2, 0) is 24.4 Å². The zero-order valence-electron chi connectivity index (χ0n) is 18.5. The Kier molecular flexibility index (Phi) is 7.02. The summed E-state index contributed by atoms with van der Waals surface area (Å²) in [5.74, 6) is 0.721. The molecule has 1 fully saturated rings. The molecule has 4 rings (SSSR count). The maximum Gasteiger partial charge on any atom is 0.289 e. The molecule has 0 N–H and O–H groups in total. The first-order valence-corrected chi connectivity index (χ1v) is 11.0. The highest BCUT2D eigenvalue weighted by molar-refractivity contribution is 5.91. The molecule has 0 radical (unpaired) electrons. The van der Waals surface area contributed by atoms with Crippen molar-refractivity contribution in [3.05, 3.63) is 95.2 Å². The number of halogens is 1. The molecule has 1 amide bonds. The van der Waals surface area contributed by atoms with Crippen molar-refractivity contribution >= 4 is 5.91 Å². The molecule has 0 bridgehead atoms. The van der Waals surface area contributed by atoms with Gasteiger partial charge in [0.05, 0.1) is 18.8 Å². The predicted molar refractivity (Wildman–Crippen MR) is 120 cm³/mol. The number of carbonyl (C=O) groups is 1. The zero-order chi connectivity index (χ0) is 22.5. The van der Waals surface area contributed by atoms with E-state index in [-0.39, 0.29) is 23.9 Å². The van der Waals surface area contributed by atoms with Crippen molar-refractivity contribution < 1.29 is 18.3 Å². The molecule has 2 unspecified atom stereocenters. The number of rotatable bonds is 7. The van der Waals surface area contributed by atoms with Crippen molar-refractivity contribution in [3.63, 3.8) is 0 Å². The Hall–Kier alpha value is -2.96. The van der Waals surface area contributed by atoms with E-state index in [9.17, 15) is 9.18 Å². The smallest absolute Gasteiger partial charge is 0.289 e. The molecule has 1 aromatic heterocycles. The second kappa shape index (κ2) is 10.1. The van der Waals surface area contributed by atoms with Gasteiger partial charge in [-0.1, -0.05) is 42.5 Å². The van der Waals surface area contributed by atoms with Gasteiger partial charge in [0, 0.05) is 26.2 Å². The van der Waals surface area contributed by atoms with Crippen molar-refractivity contribution in [2.75, 3.05) is 13.1 Å². The van der Waals surface area contributed by atoms with Gasteiger partial charge in [0.1, 0.15) is 11.6 Å². The molecule has 2 atom stereocenters. The lowest BCUT2D eigenvalue weighted by atomic mass is 10.1. The molecular formula is C26H29FN2O3. The van der Waals surface area contributed by atoms with Crippen LogP contribution in [-0.4, -0.2) is 41.0 Å². The molecule has 1 aliphatic rings. The van der Waals surface area contributed by atoms with E-state index < -0.39 is 0 Å². The Bertz CT molecular complexity index is 1010. The van der Waals surface area contributed by atoms with Gasteiger partial charge < -0.3 is 14.1 Å². The quantitative estimate of drug-likeness (QED) is 0.530. The number of benzene rings is 2. The molecule has 0 spiro atoms. The molecule has 2 aromatic carbocycles. The van der Waals surface area contributed by atoms with Crippen LogP contribution in [0.5, 0.6) is 0 Å². The highest BCUT2D eigenvalue weighted by Crippen LogP contribution is 2.19. The molecule has 1 saturated heterocycles. The maximum absolute atomic E-state index is 13.3. The van der Waals surface area contributed by atoms with Crippen LogP contribution < -0.4 is 0 Å². The predicted octanol–water partition coefficient (Wildman–Crippen LogP) is 4.87. The first-order chi connectivity index (χ1) is 15.5. The Morgan fingerprint density at radius 2 is 1.53 bits per heavy atom. The van der Waals surface area contributed by atoms with E-state index in [1.165, 1.54) is 17.7 Å². The number of hydrogen-bond donors (Lipinski definition) is 0. The number of morpholine rings is 1. The third kappa shape index (κ3) is 5.84. The van der Waals surface area contributed by atoms with E-state index in [0.29, 0.717) is 38.5 Å². The standard InChI is InChI=1S/C26H29FN2O3/c1-19-14-29(15-20(2)31-19)26(30)25-13-12-24(32-25)18-28(16-21-6-4-3-5-7-21)17-22-8-10-23(27)11-9-22/h3-13,19-20H,14-18H2,1-2H3. The number of hydrogen-bond acceptors (Lipinski definition) is 4. The van der Waals surface area contributed by atoms with Gasteiger partial charge in [-0.2, -0.15) is 0 Å². The van der Waals surface area contributed by atoms with Crippen LogP contribution in [0.1, 0.15) is 41.3 Å². The molecule has 1 aliphatic heterocycles. The van der Waals surface area contributed by atoms with E-state index in [0.717, 1.165) is 11.3 Å². The van der Waals surface area contributed by atoms with Crippen LogP contribution in [0.15, 0.2) is 71.1 Å². The largest absolute Gasteiger partial charge is 0.455 e. The lowest BCUT2D eigenvalue weighted by Crippen LogP contribution is -2.48. The van der Waals surface area contributed by atoms with Gasteiger partial charge >= 0.3 is 0 Å². The second-order valence-corrected chi connectivity index (χ2v) is 8.49. The fourth-order valence-corrected chi connectivity index (χ4v) is 4.16. The normalized spacial score (nSPS) is 18.8. The molecule has 5 nitrogen and oxygen atoms in total. The van der Waals surface area contributed by atoms with Crippen molar-refractivity contribution in [2.24, 2.45) is 0 Å². The van der Waals surface area contributed by atoms with Crippen molar-refractivity contribution in [3.8, 4) is 0 Å². The van der Waals surface area contributed by atoms with Crippen molar-refractivity contribution in [2.45, 2.75) is 45.7 Å². The van der Waals surface area contributed by atoms with E-state index >= 15 is 0 Å². The fraction of sp³-hybridized carbons (Fsp3) is 0.346. The number of nitrogens with zero attached hydrogens (tertiary/aromatic N) is 2. The monoisotopic (exact) mass is 436 g/mol. The van der Waals surface area contributed by atoms with Crippen LogP contribution in [0.3, 0.4) is 0 Å².